The monoisotopic (exact) mass is 403 g/mol. The maximum absolute atomic E-state index is 12.7. The molecule has 0 aromatic heterocycles. The lowest BCUT2D eigenvalue weighted by molar-refractivity contribution is 0.0956. The first-order chi connectivity index (χ1) is 14.6. The molecule has 2 amide bonds. The van der Waals surface area contributed by atoms with Gasteiger partial charge in [0.2, 0.25) is 0 Å². The number of hydrazone groups is 1. The van der Waals surface area contributed by atoms with Gasteiger partial charge in [0.15, 0.2) is 11.5 Å². The van der Waals surface area contributed by atoms with Gasteiger partial charge < -0.3 is 14.8 Å². The molecule has 0 bridgehead atoms. The Morgan fingerprint density at radius 1 is 0.833 bits per heavy atom. The number of nitrogens with zero attached hydrogens (tertiary/aromatic N) is 1. The van der Waals surface area contributed by atoms with E-state index in [4.69, 9.17) is 9.47 Å². The van der Waals surface area contributed by atoms with E-state index in [1.54, 1.807) is 48.7 Å². The number of nitrogens with one attached hydrogen (secondary N) is 2. The van der Waals surface area contributed by atoms with Crippen LogP contribution in [0.25, 0.3) is 0 Å². The Morgan fingerprint density at radius 2 is 1.53 bits per heavy atom. The molecule has 0 atom stereocenters. The number of hydrogen-bond acceptors (Lipinski definition) is 5. The Morgan fingerprint density at radius 3 is 2.27 bits per heavy atom. The van der Waals surface area contributed by atoms with Crippen LogP contribution in [-0.4, -0.2) is 32.2 Å². The average Bonchev–Trinajstić information content (AvgIpc) is 2.79. The van der Waals surface area contributed by atoms with E-state index < -0.39 is 5.91 Å². The van der Waals surface area contributed by atoms with E-state index in [-0.39, 0.29) is 11.5 Å². The number of carbonyl (C=O) groups excluding carboxylic acids is 2. The zero-order valence-electron chi connectivity index (χ0n) is 16.6. The minimum atomic E-state index is -0.439. The number of methoxy groups -OCH3 is 2. The van der Waals surface area contributed by atoms with Crippen molar-refractivity contribution in [3.63, 3.8) is 0 Å². The van der Waals surface area contributed by atoms with Gasteiger partial charge in [-0.25, -0.2) is 5.43 Å². The summed E-state index contributed by atoms with van der Waals surface area (Å²) in [5.74, 6) is 0.130. The largest absolute Gasteiger partial charge is 0.493 e. The number of hydrogen-bond donors (Lipinski definition) is 2. The molecule has 0 aliphatic heterocycles. The third kappa shape index (κ3) is 5.02. The highest BCUT2D eigenvalue weighted by atomic mass is 16.5. The highest BCUT2D eigenvalue weighted by Gasteiger charge is 2.15. The molecule has 0 aliphatic rings. The first kappa shape index (κ1) is 20.6. The zero-order chi connectivity index (χ0) is 21.3. The molecule has 0 saturated heterocycles. The van der Waals surface area contributed by atoms with Crippen LogP contribution in [0.2, 0.25) is 0 Å². The summed E-state index contributed by atoms with van der Waals surface area (Å²) in [5, 5.41) is 6.73. The second kappa shape index (κ2) is 9.88. The summed E-state index contributed by atoms with van der Waals surface area (Å²) >= 11 is 0. The molecule has 7 heteroatoms. The molecule has 0 saturated carbocycles. The molecule has 7 nitrogen and oxygen atoms in total. The average molecular weight is 403 g/mol. The topological polar surface area (TPSA) is 89.0 Å². The fraction of sp³-hybridized carbons (Fsp3) is 0.0870. The lowest BCUT2D eigenvalue weighted by Crippen LogP contribution is -2.21. The molecule has 0 heterocycles. The Balaban J connectivity index is 1.74. The summed E-state index contributed by atoms with van der Waals surface area (Å²) in [6.07, 6.45) is 1.54. The highest BCUT2D eigenvalue weighted by Crippen LogP contribution is 2.28. The second-order valence-electron chi connectivity index (χ2n) is 6.18. The van der Waals surface area contributed by atoms with E-state index in [2.05, 4.69) is 15.8 Å². The summed E-state index contributed by atoms with van der Waals surface area (Å²) in [6.45, 7) is 0. The highest BCUT2D eigenvalue weighted by molar-refractivity contribution is 6.09. The van der Waals surface area contributed by atoms with Crippen LogP contribution in [0, 0.1) is 0 Å². The van der Waals surface area contributed by atoms with Gasteiger partial charge in [-0.05, 0) is 35.9 Å². The van der Waals surface area contributed by atoms with E-state index in [0.717, 1.165) is 5.56 Å². The van der Waals surface area contributed by atoms with Gasteiger partial charge in [0.1, 0.15) is 0 Å². The van der Waals surface area contributed by atoms with Gasteiger partial charge in [-0.2, -0.15) is 5.10 Å². The number of anilines is 1. The van der Waals surface area contributed by atoms with Crippen molar-refractivity contribution < 1.29 is 19.1 Å². The van der Waals surface area contributed by atoms with E-state index >= 15 is 0 Å². The predicted molar refractivity (Wildman–Crippen MR) is 115 cm³/mol. The molecule has 3 aromatic rings. The van der Waals surface area contributed by atoms with E-state index in [0.29, 0.717) is 22.7 Å². The van der Waals surface area contributed by atoms with Crippen LogP contribution >= 0.6 is 0 Å². The maximum Gasteiger partial charge on any atom is 0.273 e. The summed E-state index contributed by atoms with van der Waals surface area (Å²) in [7, 11) is 3.02. The molecule has 0 spiro atoms. The lowest BCUT2D eigenvalue weighted by atomic mass is 10.1. The van der Waals surface area contributed by atoms with Crippen molar-refractivity contribution in [3.05, 3.63) is 89.5 Å². The van der Waals surface area contributed by atoms with Gasteiger partial charge in [0, 0.05) is 5.56 Å². The fourth-order valence-electron chi connectivity index (χ4n) is 2.73. The lowest BCUT2D eigenvalue weighted by Gasteiger charge is -2.12. The molecule has 3 aromatic carbocycles. The zero-order valence-corrected chi connectivity index (χ0v) is 16.6. The van der Waals surface area contributed by atoms with Crippen LogP contribution in [0.5, 0.6) is 11.5 Å². The SMILES string of the molecule is COc1ccc(C(=O)Nc2ccccc2C(=O)NN=Cc2ccccc2)cc1OC. The van der Waals surface area contributed by atoms with Crippen LogP contribution in [-0.2, 0) is 0 Å². The fourth-order valence-corrected chi connectivity index (χ4v) is 2.73. The molecule has 0 fully saturated rings. The van der Waals surface area contributed by atoms with Crippen molar-refractivity contribution in [1.82, 2.24) is 5.43 Å². The van der Waals surface area contributed by atoms with E-state index in [1.807, 2.05) is 30.3 Å². The summed E-state index contributed by atoms with van der Waals surface area (Å²) in [4.78, 5) is 25.2. The molecule has 0 aliphatic carbocycles. The Labute approximate surface area is 174 Å². The number of carbonyl (C=O) groups is 2. The molecule has 0 radical (unpaired) electrons. The maximum atomic E-state index is 12.7. The van der Waals surface area contributed by atoms with Crippen LogP contribution in [0.4, 0.5) is 5.69 Å². The number of amides is 2. The second-order valence-corrected chi connectivity index (χ2v) is 6.18. The molecule has 30 heavy (non-hydrogen) atoms. The van der Waals surface area contributed by atoms with Gasteiger partial charge in [0.25, 0.3) is 11.8 Å². The van der Waals surface area contributed by atoms with Gasteiger partial charge >= 0.3 is 0 Å². The standard InChI is InChI=1S/C23H21N3O4/c1-29-20-13-12-17(14-21(20)30-2)22(27)25-19-11-7-6-10-18(19)23(28)26-24-15-16-8-4-3-5-9-16/h3-15H,1-2H3,(H,25,27)(H,26,28). The number of para-hydroxylation sites is 1. The number of rotatable bonds is 7. The van der Waals surface area contributed by atoms with Crippen molar-refractivity contribution in [3.8, 4) is 11.5 Å². The third-order valence-corrected chi connectivity index (χ3v) is 4.24. The van der Waals surface area contributed by atoms with Crippen molar-refractivity contribution in [2.45, 2.75) is 0 Å². The minimum Gasteiger partial charge on any atom is -0.493 e. The molecule has 3 rings (SSSR count). The minimum absolute atomic E-state index is 0.288. The first-order valence-electron chi connectivity index (χ1n) is 9.13. The predicted octanol–water partition coefficient (Wildman–Crippen LogP) is 3.72. The summed E-state index contributed by atoms with van der Waals surface area (Å²) in [5.41, 5.74) is 4.35. The Kier molecular flexibility index (Phi) is 6.78. The molecule has 152 valence electrons. The molecular formula is C23H21N3O4. The Bertz CT molecular complexity index is 1070. The molecule has 2 N–H and O–H groups in total. The number of ether oxygens (including phenoxy) is 2. The first-order valence-corrected chi connectivity index (χ1v) is 9.13. The third-order valence-electron chi connectivity index (χ3n) is 4.24. The van der Waals surface area contributed by atoms with Gasteiger partial charge in [-0.1, -0.05) is 42.5 Å². The molecule has 0 unspecified atom stereocenters. The van der Waals surface area contributed by atoms with Gasteiger partial charge in [-0.3, -0.25) is 9.59 Å². The van der Waals surface area contributed by atoms with Crippen molar-refractivity contribution in [2.24, 2.45) is 5.10 Å². The van der Waals surface area contributed by atoms with Crippen molar-refractivity contribution >= 4 is 23.7 Å². The Hall–Kier alpha value is -4.13. The summed E-state index contributed by atoms with van der Waals surface area (Å²) < 4.78 is 10.4. The van der Waals surface area contributed by atoms with E-state index in [1.165, 1.54) is 14.2 Å². The normalized spacial score (nSPS) is 10.5. The molecular weight excluding hydrogens is 382 g/mol. The van der Waals surface area contributed by atoms with Crippen LogP contribution in [0.15, 0.2) is 77.9 Å². The van der Waals surface area contributed by atoms with Crippen LogP contribution in [0.1, 0.15) is 26.3 Å². The van der Waals surface area contributed by atoms with Crippen LogP contribution < -0.4 is 20.2 Å². The number of benzene rings is 3. The van der Waals surface area contributed by atoms with Crippen LogP contribution in [0.3, 0.4) is 0 Å². The van der Waals surface area contributed by atoms with Gasteiger partial charge in [-0.15, -0.1) is 0 Å². The smallest absolute Gasteiger partial charge is 0.273 e. The van der Waals surface area contributed by atoms with E-state index in [9.17, 15) is 9.59 Å². The summed E-state index contributed by atoms with van der Waals surface area (Å²) in [6, 6.07) is 20.9. The van der Waals surface area contributed by atoms with Gasteiger partial charge in [0.05, 0.1) is 31.7 Å². The van der Waals surface area contributed by atoms with Crippen molar-refractivity contribution in [2.75, 3.05) is 19.5 Å². The quantitative estimate of drug-likeness (QED) is 0.465. The van der Waals surface area contributed by atoms with Crippen molar-refractivity contribution in [1.29, 1.82) is 0 Å².